The number of pyridine rings is 1. The first-order valence-electron chi connectivity index (χ1n) is 6.38. The van der Waals surface area contributed by atoms with E-state index in [2.05, 4.69) is 24.0 Å². The molecule has 0 fully saturated rings. The second-order valence-electron chi connectivity index (χ2n) is 4.25. The van der Waals surface area contributed by atoms with Crippen molar-refractivity contribution < 1.29 is 4.74 Å². The highest BCUT2D eigenvalue weighted by Crippen LogP contribution is 2.12. The van der Waals surface area contributed by atoms with E-state index < -0.39 is 0 Å². The molecule has 2 rings (SSSR count). The van der Waals surface area contributed by atoms with E-state index in [9.17, 15) is 0 Å². The summed E-state index contributed by atoms with van der Waals surface area (Å²) in [6.07, 6.45) is 3.70. The number of nitriles is 1. The molecule has 0 aliphatic heterocycles. The van der Waals surface area contributed by atoms with Crippen LogP contribution in [0, 0.1) is 11.3 Å². The Morgan fingerprint density at radius 3 is 2.53 bits per heavy atom. The molecule has 2 aromatic rings. The van der Waals surface area contributed by atoms with Gasteiger partial charge in [0.05, 0.1) is 18.2 Å². The average Bonchev–Trinajstić information content (AvgIpc) is 2.49. The Labute approximate surface area is 113 Å². The Kier molecular flexibility index (Phi) is 4.52. The normalized spacial score (nSPS) is 9.89. The molecule has 0 saturated heterocycles. The summed E-state index contributed by atoms with van der Waals surface area (Å²) in [4.78, 5) is 4.39. The summed E-state index contributed by atoms with van der Waals surface area (Å²) in [7, 11) is 0. The summed E-state index contributed by atoms with van der Waals surface area (Å²) < 4.78 is 5.62. The fourth-order valence-electron chi connectivity index (χ4n) is 1.71. The standard InChI is InChI=1S/C16H16N2O/c1-2-13-3-6-15(18-12-13)9-10-19-16-7-4-14(11-17)5-8-16/h3-8,12H,2,9-10H2,1H3. The van der Waals surface area contributed by atoms with Crippen LogP contribution in [0.3, 0.4) is 0 Å². The minimum Gasteiger partial charge on any atom is -0.493 e. The Balaban J connectivity index is 1.83. The van der Waals surface area contributed by atoms with Crippen molar-refractivity contribution in [2.45, 2.75) is 19.8 Å². The summed E-state index contributed by atoms with van der Waals surface area (Å²) in [6.45, 7) is 2.70. The Bertz CT molecular complexity index is 553. The lowest BCUT2D eigenvalue weighted by Gasteiger charge is -2.06. The Morgan fingerprint density at radius 1 is 1.16 bits per heavy atom. The van der Waals surface area contributed by atoms with Crippen LogP contribution in [0.5, 0.6) is 5.75 Å². The molecule has 1 heterocycles. The number of benzene rings is 1. The van der Waals surface area contributed by atoms with Crippen LogP contribution in [-0.2, 0) is 12.8 Å². The second-order valence-corrected chi connectivity index (χ2v) is 4.25. The molecule has 0 atom stereocenters. The molecule has 1 aromatic carbocycles. The van der Waals surface area contributed by atoms with Crippen molar-refractivity contribution in [1.29, 1.82) is 5.26 Å². The van der Waals surface area contributed by atoms with Crippen LogP contribution >= 0.6 is 0 Å². The topological polar surface area (TPSA) is 45.9 Å². The summed E-state index contributed by atoms with van der Waals surface area (Å²) >= 11 is 0. The van der Waals surface area contributed by atoms with Crippen LogP contribution in [0.25, 0.3) is 0 Å². The fraction of sp³-hybridized carbons (Fsp3) is 0.250. The Morgan fingerprint density at radius 2 is 1.95 bits per heavy atom. The minimum atomic E-state index is 0.588. The predicted molar refractivity (Wildman–Crippen MR) is 74.0 cm³/mol. The number of hydrogen-bond acceptors (Lipinski definition) is 3. The van der Waals surface area contributed by atoms with Crippen LogP contribution < -0.4 is 4.74 Å². The molecule has 0 radical (unpaired) electrons. The molecule has 0 spiro atoms. The highest BCUT2D eigenvalue weighted by molar-refractivity contribution is 5.34. The van der Waals surface area contributed by atoms with Gasteiger partial charge in [0.25, 0.3) is 0 Å². The van der Waals surface area contributed by atoms with Crippen LogP contribution in [0.4, 0.5) is 0 Å². The van der Waals surface area contributed by atoms with Crippen LogP contribution in [0.1, 0.15) is 23.7 Å². The quantitative estimate of drug-likeness (QED) is 0.821. The Hall–Kier alpha value is -2.34. The monoisotopic (exact) mass is 252 g/mol. The number of ether oxygens (including phenoxy) is 1. The van der Waals surface area contributed by atoms with Gasteiger partial charge in [-0.25, -0.2) is 0 Å². The maximum atomic E-state index is 8.70. The summed E-state index contributed by atoms with van der Waals surface area (Å²) in [5.74, 6) is 0.782. The number of aromatic nitrogens is 1. The van der Waals surface area contributed by atoms with E-state index in [0.717, 1.165) is 24.3 Å². The second kappa shape index (κ2) is 6.55. The highest BCUT2D eigenvalue weighted by atomic mass is 16.5. The van der Waals surface area contributed by atoms with E-state index >= 15 is 0 Å². The van der Waals surface area contributed by atoms with Gasteiger partial charge in [-0.3, -0.25) is 4.98 Å². The number of hydrogen-bond donors (Lipinski definition) is 0. The lowest BCUT2D eigenvalue weighted by atomic mass is 10.2. The molecule has 0 saturated carbocycles. The molecule has 0 bridgehead atoms. The zero-order valence-electron chi connectivity index (χ0n) is 11.0. The van der Waals surface area contributed by atoms with E-state index in [4.69, 9.17) is 10.00 Å². The first kappa shape index (κ1) is 13.1. The molecule has 0 N–H and O–H groups in total. The first-order valence-corrected chi connectivity index (χ1v) is 6.38. The van der Waals surface area contributed by atoms with Crippen molar-refractivity contribution in [1.82, 2.24) is 4.98 Å². The van der Waals surface area contributed by atoms with Crippen LogP contribution in [0.2, 0.25) is 0 Å². The lowest BCUT2D eigenvalue weighted by molar-refractivity contribution is 0.320. The third kappa shape index (κ3) is 3.82. The fourth-order valence-corrected chi connectivity index (χ4v) is 1.71. The SMILES string of the molecule is CCc1ccc(CCOc2ccc(C#N)cc2)nc1. The molecular formula is C16H16N2O. The maximum Gasteiger partial charge on any atom is 0.119 e. The van der Waals surface area contributed by atoms with E-state index in [1.54, 1.807) is 12.1 Å². The molecule has 96 valence electrons. The van der Waals surface area contributed by atoms with Gasteiger partial charge in [0.1, 0.15) is 5.75 Å². The molecule has 3 heteroatoms. The zero-order chi connectivity index (χ0) is 13.5. The van der Waals surface area contributed by atoms with E-state index in [1.807, 2.05) is 24.4 Å². The third-order valence-electron chi connectivity index (χ3n) is 2.90. The van der Waals surface area contributed by atoms with E-state index in [0.29, 0.717) is 12.2 Å². The third-order valence-corrected chi connectivity index (χ3v) is 2.90. The van der Waals surface area contributed by atoms with Gasteiger partial charge in [-0.2, -0.15) is 5.26 Å². The van der Waals surface area contributed by atoms with Crippen LogP contribution in [-0.4, -0.2) is 11.6 Å². The largest absolute Gasteiger partial charge is 0.493 e. The minimum absolute atomic E-state index is 0.588. The summed E-state index contributed by atoms with van der Waals surface area (Å²) in [5, 5.41) is 8.70. The van der Waals surface area contributed by atoms with Gasteiger partial charge in [-0.15, -0.1) is 0 Å². The molecule has 0 unspecified atom stereocenters. The summed E-state index contributed by atoms with van der Waals surface area (Å²) in [6, 6.07) is 13.4. The van der Waals surface area contributed by atoms with Gasteiger partial charge in [-0.1, -0.05) is 13.0 Å². The predicted octanol–water partition coefficient (Wildman–Crippen LogP) is 3.14. The van der Waals surface area contributed by atoms with E-state index in [1.165, 1.54) is 5.56 Å². The molecule has 3 nitrogen and oxygen atoms in total. The molecule has 0 aliphatic rings. The van der Waals surface area contributed by atoms with Gasteiger partial charge >= 0.3 is 0 Å². The van der Waals surface area contributed by atoms with Gasteiger partial charge < -0.3 is 4.74 Å². The number of rotatable bonds is 5. The van der Waals surface area contributed by atoms with Crippen molar-refractivity contribution in [3.05, 3.63) is 59.4 Å². The van der Waals surface area contributed by atoms with Gasteiger partial charge in [0.2, 0.25) is 0 Å². The lowest BCUT2D eigenvalue weighted by Crippen LogP contribution is -2.03. The molecular weight excluding hydrogens is 236 g/mol. The van der Waals surface area contributed by atoms with Crippen molar-refractivity contribution in [3.8, 4) is 11.8 Å². The summed E-state index contributed by atoms with van der Waals surface area (Å²) in [5.41, 5.74) is 2.92. The van der Waals surface area contributed by atoms with Crippen molar-refractivity contribution >= 4 is 0 Å². The molecule has 0 aliphatic carbocycles. The first-order chi connectivity index (χ1) is 9.31. The molecule has 0 amide bonds. The smallest absolute Gasteiger partial charge is 0.119 e. The molecule has 1 aromatic heterocycles. The van der Waals surface area contributed by atoms with Gasteiger partial charge in [0, 0.05) is 18.3 Å². The van der Waals surface area contributed by atoms with E-state index in [-0.39, 0.29) is 0 Å². The number of nitrogens with zero attached hydrogens (tertiary/aromatic N) is 2. The van der Waals surface area contributed by atoms with Crippen LogP contribution in [0.15, 0.2) is 42.6 Å². The van der Waals surface area contributed by atoms with Gasteiger partial charge in [0.15, 0.2) is 0 Å². The van der Waals surface area contributed by atoms with Gasteiger partial charge in [-0.05, 0) is 42.3 Å². The van der Waals surface area contributed by atoms with Crippen molar-refractivity contribution in [3.63, 3.8) is 0 Å². The molecule has 19 heavy (non-hydrogen) atoms. The van der Waals surface area contributed by atoms with Crippen molar-refractivity contribution in [2.75, 3.05) is 6.61 Å². The average molecular weight is 252 g/mol. The zero-order valence-corrected chi connectivity index (χ0v) is 11.0. The highest BCUT2D eigenvalue weighted by Gasteiger charge is 1.98. The maximum absolute atomic E-state index is 8.70. The number of aryl methyl sites for hydroxylation is 1. The van der Waals surface area contributed by atoms with Crippen molar-refractivity contribution in [2.24, 2.45) is 0 Å².